The first-order valence-electron chi connectivity index (χ1n) is 5.41. The van der Waals surface area contributed by atoms with Crippen molar-refractivity contribution in [3.8, 4) is 0 Å². The van der Waals surface area contributed by atoms with E-state index in [9.17, 15) is 18.3 Å². The van der Waals surface area contributed by atoms with Gasteiger partial charge in [-0.2, -0.15) is 8.42 Å². The first-order valence-corrected chi connectivity index (χ1v) is 7.02. The van der Waals surface area contributed by atoms with Gasteiger partial charge in [0.25, 0.3) is 10.1 Å². The largest absolute Gasteiger partial charge is 0.386 e. The van der Waals surface area contributed by atoms with Gasteiger partial charge in [0.05, 0.1) is 27.2 Å². The maximum Gasteiger partial charge on any atom is 0.267 e. The van der Waals surface area contributed by atoms with Gasteiger partial charge in [-0.05, 0) is 6.08 Å². The van der Waals surface area contributed by atoms with E-state index in [2.05, 4.69) is 11.9 Å². The number of rotatable bonds is 8. The summed E-state index contributed by atoms with van der Waals surface area (Å²) in [5, 5.41) is 12.1. The Hall–Kier alpha value is -0.960. The molecule has 0 aliphatic heterocycles. The summed E-state index contributed by atoms with van der Waals surface area (Å²) < 4.78 is 30.1. The first-order chi connectivity index (χ1) is 8.06. The molecule has 1 unspecified atom stereocenters. The molecule has 0 aliphatic rings. The lowest BCUT2D eigenvalue weighted by Gasteiger charge is -2.31. The number of aliphatic hydroxyl groups is 1. The van der Waals surface area contributed by atoms with E-state index in [1.165, 1.54) is 0 Å². The van der Waals surface area contributed by atoms with Crippen molar-refractivity contribution in [2.45, 2.75) is 6.10 Å². The molecule has 0 spiro atoms. The van der Waals surface area contributed by atoms with Crippen molar-refractivity contribution in [3.05, 3.63) is 12.7 Å². The highest BCUT2D eigenvalue weighted by Crippen LogP contribution is 2.01. The minimum absolute atomic E-state index is 0.156. The summed E-state index contributed by atoms with van der Waals surface area (Å²) in [6.07, 6.45) is 0.0119. The fourth-order valence-corrected chi connectivity index (χ4v) is 2.10. The van der Waals surface area contributed by atoms with E-state index in [-0.39, 0.29) is 12.5 Å². The molecule has 0 rings (SSSR count). The van der Waals surface area contributed by atoms with Crippen LogP contribution in [-0.2, 0) is 14.9 Å². The average Bonchev–Trinajstić information content (AvgIpc) is 2.12. The summed E-state index contributed by atoms with van der Waals surface area (Å²) in [6.45, 7) is 4.37. The Morgan fingerprint density at radius 3 is 2.50 bits per heavy atom. The van der Waals surface area contributed by atoms with Gasteiger partial charge in [-0.3, -0.25) is 9.35 Å². The monoisotopic (exact) mass is 281 g/mol. The Balaban J connectivity index is 4.13. The highest BCUT2D eigenvalue weighted by atomic mass is 32.2. The number of amides is 1. The normalized spacial score (nSPS) is 14.0. The number of nitrogens with one attached hydrogen (secondary N) is 1. The maximum absolute atomic E-state index is 10.9. The number of nitrogens with zero attached hydrogens (tertiary/aromatic N) is 1. The smallest absolute Gasteiger partial charge is 0.267 e. The van der Waals surface area contributed by atoms with Crippen molar-refractivity contribution in [2.24, 2.45) is 0 Å². The van der Waals surface area contributed by atoms with Crippen molar-refractivity contribution in [2.75, 3.05) is 39.5 Å². The zero-order valence-electron chi connectivity index (χ0n) is 10.7. The van der Waals surface area contributed by atoms with Crippen molar-refractivity contribution in [1.29, 1.82) is 0 Å². The maximum atomic E-state index is 10.9. The number of quaternary nitrogens is 1. The van der Waals surface area contributed by atoms with Crippen LogP contribution in [0.25, 0.3) is 0 Å². The third-order valence-electron chi connectivity index (χ3n) is 2.31. The van der Waals surface area contributed by atoms with Gasteiger partial charge in [0.1, 0.15) is 18.4 Å². The van der Waals surface area contributed by atoms with Gasteiger partial charge in [0, 0.05) is 0 Å². The average molecular weight is 281 g/mol. The summed E-state index contributed by atoms with van der Waals surface area (Å²) in [4.78, 5) is 10.9. The molecule has 0 saturated heterocycles. The van der Waals surface area contributed by atoms with Crippen LogP contribution >= 0.6 is 0 Å². The van der Waals surface area contributed by atoms with E-state index >= 15 is 0 Å². The molecule has 0 radical (unpaired) electrons. The van der Waals surface area contributed by atoms with Gasteiger partial charge in [-0.15, -0.1) is 0 Å². The molecule has 7 nitrogen and oxygen atoms in total. The van der Waals surface area contributed by atoms with E-state index in [1.807, 2.05) is 0 Å². The van der Waals surface area contributed by atoms with E-state index in [4.69, 9.17) is 4.55 Å². The Morgan fingerprint density at radius 2 is 2.06 bits per heavy atom. The van der Waals surface area contributed by atoms with Crippen LogP contribution in [-0.4, -0.2) is 74.1 Å². The predicted molar refractivity (Wildman–Crippen MR) is 67.5 cm³/mol. The number of likely N-dealkylation sites (N-methyl/N-ethyl adjacent to an activating group) is 1. The lowest BCUT2D eigenvalue weighted by Crippen LogP contribution is -2.50. The van der Waals surface area contributed by atoms with Crippen LogP contribution in [0, 0.1) is 0 Å². The molecule has 1 atom stereocenters. The number of carbonyl (C=O) groups excluding carboxylic acids is 1. The number of aliphatic hydroxyl groups excluding tert-OH is 1. The quantitative estimate of drug-likeness (QED) is 0.289. The summed E-state index contributed by atoms with van der Waals surface area (Å²) in [5.41, 5.74) is 0. The highest BCUT2D eigenvalue weighted by molar-refractivity contribution is 7.85. The van der Waals surface area contributed by atoms with Gasteiger partial charge < -0.3 is 14.9 Å². The Labute approximate surface area is 107 Å². The van der Waals surface area contributed by atoms with Crippen LogP contribution < -0.4 is 5.32 Å². The topological polar surface area (TPSA) is 104 Å². The summed E-state index contributed by atoms with van der Waals surface area (Å²) in [5.74, 6) is -0.971. The standard InChI is InChI=1S/C10H20N2O5S/c1-4-10(14)11-5-6-12(2,3)7-9(13)8-18(15,16)17/h4,9,13H,1,5-8H2,2-3H3,(H-,11,14,15,16,17)/p+1. The van der Waals surface area contributed by atoms with Gasteiger partial charge in [0.2, 0.25) is 5.91 Å². The van der Waals surface area contributed by atoms with Crippen molar-refractivity contribution in [1.82, 2.24) is 5.32 Å². The SMILES string of the molecule is C=CC(=O)NCC[N+](C)(C)CC(O)CS(=O)(=O)O. The molecule has 0 saturated carbocycles. The Morgan fingerprint density at radius 1 is 1.50 bits per heavy atom. The van der Waals surface area contributed by atoms with Crippen LogP contribution in [0.15, 0.2) is 12.7 Å². The fraction of sp³-hybridized carbons (Fsp3) is 0.700. The van der Waals surface area contributed by atoms with Crippen LogP contribution in [0.1, 0.15) is 0 Å². The zero-order chi connectivity index (χ0) is 14.4. The highest BCUT2D eigenvalue weighted by Gasteiger charge is 2.24. The first kappa shape index (κ1) is 17.0. The Bertz CT molecular complexity index is 391. The number of hydrogen-bond acceptors (Lipinski definition) is 4. The Kier molecular flexibility index (Phi) is 6.47. The zero-order valence-corrected chi connectivity index (χ0v) is 11.5. The summed E-state index contributed by atoms with van der Waals surface area (Å²) >= 11 is 0. The molecule has 1 amide bonds. The van der Waals surface area contributed by atoms with E-state index in [0.29, 0.717) is 17.6 Å². The van der Waals surface area contributed by atoms with Gasteiger partial charge in [-0.1, -0.05) is 6.58 Å². The molecule has 0 bridgehead atoms. The third kappa shape index (κ3) is 9.11. The molecule has 0 aromatic carbocycles. The van der Waals surface area contributed by atoms with E-state index < -0.39 is 22.0 Å². The molecule has 0 aliphatic carbocycles. The van der Waals surface area contributed by atoms with E-state index in [1.54, 1.807) is 14.1 Å². The number of carbonyl (C=O) groups is 1. The van der Waals surface area contributed by atoms with Crippen molar-refractivity contribution < 1.29 is 27.4 Å². The number of hydrogen-bond donors (Lipinski definition) is 3. The van der Waals surface area contributed by atoms with Crippen LogP contribution in [0.2, 0.25) is 0 Å². The third-order valence-corrected chi connectivity index (χ3v) is 3.12. The molecule has 0 fully saturated rings. The van der Waals surface area contributed by atoms with Crippen LogP contribution in [0.3, 0.4) is 0 Å². The molecular formula is C10H21N2O5S+. The second-order valence-corrected chi connectivity index (χ2v) is 6.24. The molecular weight excluding hydrogens is 260 g/mol. The van der Waals surface area contributed by atoms with Crippen LogP contribution in [0.4, 0.5) is 0 Å². The van der Waals surface area contributed by atoms with Crippen molar-refractivity contribution in [3.63, 3.8) is 0 Å². The van der Waals surface area contributed by atoms with Gasteiger partial charge in [-0.25, -0.2) is 0 Å². The van der Waals surface area contributed by atoms with Gasteiger partial charge >= 0.3 is 0 Å². The lowest BCUT2D eigenvalue weighted by molar-refractivity contribution is -0.891. The molecule has 0 aromatic rings. The van der Waals surface area contributed by atoms with Crippen LogP contribution in [0.5, 0.6) is 0 Å². The van der Waals surface area contributed by atoms with E-state index in [0.717, 1.165) is 6.08 Å². The molecule has 0 aromatic heterocycles. The van der Waals surface area contributed by atoms with Crippen molar-refractivity contribution >= 4 is 16.0 Å². The molecule has 106 valence electrons. The molecule has 18 heavy (non-hydrogen) atoms. The minimum Gasteiger partial charge on any atom is -0.386 e. The van der Waals surface area contributed by atoms with Gasteiger partial charge in [0.15, 0.2) is 0 Å². The summed E-state index contributed by atoms with van der Waals surface area (Å²) in [7, 11) is -0.607. The fourth-order valence-electron chi connectivity index (χ4n) is 1.51. The predicted octanol–water partition coefficient (Wildman–Crippen LogP) is -1.39. The second kappa shape index (κ2) is 6.83. The molecule has 0 heterocycles. The molecule has 8 heteroatoms. The second-order valence-electron chi connectivity index (χ2n) is 4.74. The molecule has 3 N–H and O–H groups in total. The minimum atomic E-state index is -4.18. The summed E-state index contributed by atoms with van der Waals surface area (Å²) in [6, 6.07) is 0. The lowest BCUT2D eigenvalue weighted by atomic mass is 10.3.